The largest absolute Gasteiger partial charge is 0.497 e. The van der Waals surface area contributed by atoms with E-state index in [4.69, 9.17) is 18.9 Å². The zero-order chi connectivity index (χ0) is 43.2. The molecule has 1 N–H and O–H groups in total. The number of sulfonamides is 1. The number of nitrogens with zero attached hydrogens (tertiary/aromatic N) is 5. The van der Waals surface area contributed by atoms with E-state index in [9.17, 15) is 31.6 Å². The summed E-state index contributed by atoms with van der Waals surface area (Å²) in [5, 5.41) is 13.0. The molecule has 0 aliphatic rings. The lowest BCUT2D eigenvalue weighted by Crippen LogP contribution is -2.32. The molecular formula is C42H37F3N6O7S2. The molecule has 6 aromatic rings. The zero-order valence-electron chi connectivity index (χ0n) is 32.8. The first kappa shape index (κ1) is 42.9. The van der Waals surface area contributed by atoms with E-state index in [-0.39, 0.29) is 45.7 Å². The Morgan fingerprint density at radius 1 is 0.867 bits per heavy atom. The summed E-state index contributed by atoms with van der Waals surface area (Å²) in [6.45, 7) is 4.97. The zero-order valence-corrected chi connectivity index (χ0v) is 34.4. The van der Waals surface area contributed by atoms with Gasteiger partial charge in [0.25, 0.3) is 10.0 Å². The number of anilines is 1. The number of carbonyl (C=O) groups excluding carboxylic acids is 1. The van der Waals surface area contributed by atoms with Gasteiger partial charge in [0.05, 0.1) is 49.0 Å². The number of hydrogen-bond donors (Lipinski definition) is 1. The minimum atomic E-state index is -4.58. The van der Waals surface area contributed by atoms with Crippen molar-refractivity contribution in [1.82, 2.24) is 19.7 Å². The summed E-state index contributed by atoms with van der Waals surface area (Å²) in [6.07, 6.45) is -2.52. The highest BCUT2D eigenvalue weighted by Crippen LogP contribution is 2.40. The van der Waals surface area contributed by atoms with Crippen LogP contribution in [0.2, 0.25) is 0 Å². The molecule has 1 amide bonds. The summed E-state index contributed by atoms with van der Waals surface area (Å²) < 4.78 is 97.2. The molecule has 18 heteroatoms. The van der Waals surface area contributed by atoms with Gasteiger partial charge in [-0.1, -0.05) is 18.2 Å². The topological polar surface area (TPSA) is 166 Å². The van der Waals surface area contributed by atoms with E-state index in [0.29, 0.717) is 39.4 Å². The second kappa shape index (κ2) is 17.6. The van der Waals surface area contributed by atoms with E-state index >= 15 is 0 Å². The van der Waals surface area contributed by atoms with Crippen molar-refractivity contribution in [3.05, 3.63) is 126 Å². The Hall–Kier alpha value is -6.71. The normalized spacial score (nSPS) is 11.7. The maximum atomic E-state index is 14.3. The average molecular weight is 859 g/mol. The van der Waals surface area contributed by atoms with Gasteiger partial charge in [-0.15, -0.1) is 0 Å². The summed E-state index contributed by atoms with van der Waals surface area (Å²) >= 11 is 0.859. The van der Waals surface area contributed by atoms with Crippen LogP contribution in [0.3, 0.4) is 0 Å². The van der Waals surface area contributed by atoms with Gasteiger partial charge < -0.3 is 24.3 Å². The van der Waals surface area contributed by atoms with Crippen molar-refractivity contribution in [3.63, 3.8) is 0 Å². The van der Waals surface area contributed by atoms with Crippen LogP contribution in [0, 0.1) is 11.3 Å². The molecular weight excluding hydrogens is 822 g/mol. The molecule has 0 fully saturated rings. The summed E-state index contributed by atoms with van der Waals surface area (Å²) in [6, 6.07) is 23.7. The summed E-state index contributed by atoms with van der Waals surface area (Å²) in [7, 11) is -1.45. The molecule has 13 nitrogen and oxygen atoms in total. The number of nitrogens with one attached hydrogen (secondary N) is 1. The molecule has 0 radical (unpaired) electrons. The first-order valence-corrected chi connectivity index (χ1v) is 20.2. The molecule has 0 saturated carbocycles. The number of ether oxygens (including phenoxy) is 4. The Bertz CT molecular complexity index is 2660. The molecule has 0 unspecified atom stereocenters. The SMILES string of the molecule is COc1ccc(CN(c2ncns2)S(=O)(=O)c2ccc(Oc3ccc(-c4cccc(C(F)(F)F)c4)cc3-c3ccnc(CNC(=O)OC(C)(C)C)c3)c(C#N)c2)c(OC)c1. The fourth-order valence-corrected chi connectivity index (χ4v) is 8.04. The van der Waals surface area contributed by atoms with Gasteiger partial charge in [0.2, 0.25) is 5.13 Å². The first-order valence-electron chi connectivity index (χ1n) is 17.9. The van der Waals surface area contributed by atoms with E-state index in [1.54, 1.807) is 69.3 Å². The van der Waals surface area contributed by atoms with Crippen LogP contribution in [0.5, 0.6) is 23.0 Å². The highest BCUT2D eigenvalue weighted by molar-refractivity contribution is 7.93. The third-order valence-corrected chi connectivity index (χ3v) is 11.2. The van der Waals surface area contributed by atoms with Crippen molar-refractivity contribution in [1.29, 1.82) is 5.26 Å². The Morgan fingerprint density at radius 3 is 2.32 bits per heavy atom. The molecule has 310 valence electrons. The molecule has 0 bridgehead atoms. The van der Waals surface area contributed by atoms with Gasteiger partial charge in [0.1, 0.15) is 41.0 Å². The number of alkyl carbamates (subject to hydrolysis) is 1. The van der Waals surface area contributed by atoms with Crippen LogP contribution in [0.4, 0.5) is 23.1 Å². The van der Waals surface area contributed by atoms with Crippen LogP contribution in [0.25, 0.3) is 22.3 Å². The van der Waals surface area contributed by atoms with Crippen LogP contribution in [-0.2, 0) is 34.0 Å². The number of benzene rings is 4. The maximum Gasteiger partial charge on any atom is 0.416 e. The van der Waals surface area contributed by atoms with Crippen LogP contribution in [-0.4, -0.2) is 48.7 Å². The van der Waals surface area contributed by atoms with Gasteiger partial charge in [0.15, 0.2) is 0 Å². The van der Waals surface area contributed by atoms with E-state index in [2.05, 4.69) is 19.7 Å². The molecule has 0 saturated heterocycles. The molecule has 2 aromatic heterocycles. The highest BCUT2D eigenvalue weighted by Gasteiger charge is 2.31. The number of rotatable bonds is 13. The van der Waals surface area contributed by atoms with Gasteiger partial charge >= 0.3 is 12.3 Å². The van der Waals surface area contributed by atoms with Crippen LogP contribution in [0.15, 0.2) is 108 Å². The van der Waals surface area contributed by atoms with Crippen LogP contribution < -0.4 is 23.8 Å². The third-order valence-electron chi connectivity index (χ3n) is 8.69. The number of aromatic nitrogens is 3. The van der Waals surface area contributed by atoms with Gasteiger partial charge in [-0.25, -0.2) is 22.5 Å². The molecule has 4 aromatic carbocycles. The average Bonchev–Trinajstić information content (AvgIpc) is 3.76. The molecule has 60 heavy (non-hydrogen) atoms. The van der Waals surface area contributed by atoms with E-state index < -0.39 is 33.5 Å². The van der Waals surface area contributed by atoms with Crippen LogP contribution in [0.1, 0.15) is 43.2 Å². The second-order valence-corrected chi connectivity index (χ2v) is 16.6. The summed E-state index contributed by atoms with van der Waals surface area (Å²) in [4.78, 5) is 20.6. The second-order valence-electron chi connectivity index (χ2n) is 14.0. The lowest BCUT2D eigenvalue weighted by molar-refractivity contribution is -0.137. The van der Waals surface area contributed by atoms with Crippen molar-refractivity contribution in [2.75, 3.05) is 18.5 Å². The highest BCUT2D eigenvalue weighted by atomic mass is 32.2. The Balaban J connectivity index is 1.38. The van der Waals surface area contributed by atoms with Gasteiger partial charge in [-0.05, 0) is 104 Å². The number of nitriles is 1. The van der Waals surface area contributed by atoms with Crippen molar-refractivity contribution in [2.24, 2.45) is 0 Å². The van der Waals surface area contributed by atoms with Crippen molar-refractivity contribution in [3.8, 4) is 51.3 Å². The molecule has 0 aliphatic heterocycles. The Kier molecular flexibility index (Phi) is 12.6. The number of hydrogen-bond acceptors (Lipinski definition) is 12. The lowest BCUT2D eigenvalue weighted by Gasteiger charge is -2.23. The molecule has 2 heterocycles. The minimum absolute atomic E-state index is 0.00956. The number of halogens is 3. The fraction of sp³-hybridized carbons (Fsp3) is 0.214. The summed E-state index contributed by atoms with van der Waals surface area (Å²) in [5.74, 6) is 1.04. The number of amides is 1. The van der Waals surface area contributed by atoms with Crippen LogP contribution >= 0.6 is 11.5 Å². The van der Waals surface area contributed by atoms with Crippen molar-refractivity contribution >= 4 is 32.8 Å². The van der Waals surface area contributed by atoms with Crippen molar-refractivity contribution < 1.29 is 45.3 Å². The molecule has 0 spiro atoms. The number of pyridine rings is 1. The van der Waals surface area contributed by atoms with E-state index in [0.717, 1.165) is 28.0 Å². The van der Waals surface area contributed by atoms with Crippen molar-refractivity contribution in [2.45, 2.75) is 50.5 Å². The smallest absolute Gasteiger partial charge is 0.416 e. The maximum absolute atomic E-state index is 14.3. The standard InChI is InChI=1S/C42H37F3N6O7S2/c1-41(2,3)58-40(52)48-23-32-18-28(15-16-47-32)35-20-27(26-7-6-8-31(17-26)42(43,44)45)10-13-37(35)57-36-14-12-34(19-30(36)22-46)60(53,54)51(39-49-25-50-59-39)24-29-9-11-33(55-4)21-38(29)56-5/h6-21,25H,23-24H2,1-5H3,(H,48,52). The van der Waals surface area contributed by atoms with Gasteiger partial charge in [0, 0.05) is 34.9 Å². The quantitative estimate of drug-likeness (QED) is 0.118. The molecule has 0 atom stereocenters. The predicted octanol–water partition coefficient (Wildman–Crippen LogP) is 9.39. The van der Waals surface area contributed by atoms with E-state index in [1.807, 2.05) is 6.07 Å². The van der Waals surface area contributed by atoms with Gasteiger partial charge in [-0.3, -0.25) is 4.98 Å². The molecule has 0 aliphatic carbocycles. The lowest BCUT2D eigenvalue weighted by atomic mass is 9.97. The van der Waals surface area contributed by atoms with E-state index in [1.165, 1.54) is 57.1 Å². The minimum Gasteiger partial charge on any atom is -0.497 e. The van der Waals surface area contributed by atoms with Gasteiger partial charge in [-0.2, -0.15) is 22.8 Å². The monoisotopic (exact) mass is 858 g/mol. The molecule has 6 rings (SSSR count). The Morgan fingerprint density at radius 2 is 1.63 bits per heavy atom. The number of alkyl halides is 3. The third kappa shape index (κ3) is 10.1. The number of carbonyl (C=O) groups is 1. The predicted molar refractivity (Wildman–Crippen MR) is 217 cm³/mol. The first-order chi connectivity index (χ1) is 28.5. The summed E-state index contributed by atoms with van der Waals surface area (Å²) in [5.41, 5.74) is 0.814. The number of methoxy groups -OCH3 is 2. The Labute approximate surface area is 348 Å². The fourth-order valence-electron chi connectivity index (χ4n) is 5.88.